The maximum absolute atomic E-state index is 13.5. The standard InChI is InChI=1S/C14H20F3N/c1-14(2,3)8-4-5-11(18)9-6-7-10(15)13(17)12(9)16/h6-7,11H,4-5,8,18H2,1-3H3. The Balaban J connectivity index is 2.68. The molecular weight excluding hydrogens is 239 g/mol. The molecule has 0 aliphatic carbocycles. The van der Waals surface area contributed by atoms with Crippen LogP contribution in [0.3, 0.4) is 0 Å². The van der Waals surface area contributed by atoms with Crippen LogP contribution in [0.15, 0.2) is 12.1 Å². The Bertz CT molecular complexity index is 410. The molecule has 1 unspecified atom stereocenters. The molecule has 0 amide bonds. The third-order valence-electron chi connectivity index (χ3n) is 2.91. The molecule has 1 rings (SSSR count). The average molecular weight is 259 g/mol. The topological polar surface area (TPSA) is 26.0 Å². The number of nitrogens with two attached hydrogens (primary N) is 1. The minimum Gasteiger partial charge on any atom is -0.324 e. The molecule has 1 aromatic rings. The fourth-order valence-electron chi connectivity index (χ4n) is 1.84. The van der Waals surface area contributed by atoms with E-state index >= 15 is 0 Å². The first kappa shape index (κ1) is 15.0. The quantitative estimate of drug-likeness (QED) is 0.801. The summed E-state index contributed by atoms with van der Waals surface area (Å²) in [6.45, 7) is 6.32. The zero-order valence-electron chi connectivity index (χ0n) is 11.1. The van der Waals surface area contributed by atoms with E-state index in [2.05, 4.69) is 20.8 Å². The van der Waals surface area contributed by atoms with Crippen LogP contribution >= 0.6 is 0 Å². The van der Waals surface area contributed by atoms with E-state index in [1.165, 1.54) is 6.07 Å². The van der Waals surface area contributed by atoms with Crippen molar-refractivity contribution >= 4 is 0 Å². The Labute approximate surface area is 106 Å². The minimum absolute atomic E-state index is 0.0443. The molecule has 1 atom stereocenters. The van der Waals surface area contributed by atoms with E-state index < -0.39 is 23.5 Å². The number of benzene rings is 1. The average Bonchev–Trinajstić information content (AvgIpc) is 2.24. The molecule has 102 valence electrons. The SMILES string of the molecule is CC(C)(C)CCCC(N)c1ccc(F)c(F)c1F. The third kappa shape index (κ3) is 4.02. The van der Waals surface area contributed by atoms with Crippen LogP contribution in [0.25, 0.3) is 0 Å². The lowest BCUT2D eigenvalue weighted by Gasteiger charge is -2.19. The highest BCUT2D eigenvalue weighted by atomic mass is 19.2. The van der Waals surface area contributed by atoms with Crippen molar-refractivity contribution in [2.24, 2.45) is 11.1 Å². The van der Waals surface area contributed by atoms with E-state index in [1.807, 2.05) is 0 Å². The first-order valence-electron chi connectivity index (χ1n) is 6.11. The van der Waals surface area contributed by atoms with Gasteiger partial charge in [0.05, 0.1) is 0 Å². The van der Waals surface area contributed by atoms with Crippen molar-refractivity contribution in [1.29, 1.82) is 0 Å². The summed E-state index contributed by atoms with van der Waals surface area (Å²) in [7, 11) is 0. The van der Waals surface area contributed by atoms with Crippen LogP contribution in [0.4, 0.5) is 13.2 Å². The fourth-order valence-corrected chi connectivity index (χ4v) is 1.84. The summed E-state index contributed by atoms with van der Waals surface area (Å²) in [5.74, 6) is -3.80. The van der Waals surface area contributed by atoms with Crippen LogP contribution in [0.2, 0.25) is 0 Å². The van der Waals surface area contributed by atoms with E-state index in [4.69, 9.17) is 5.73 Å². The molecule has 0 aliphatic rings. The van der Waals surface area contributed by atoms with Crippen LogP contribution in [-0.2, 0) is 0 Å². The Kier molecular flexibility index (Phi) is 4.79. The lowest BCUT2D eigenvalue weighted by atomic mass is 9.88. The van der Waals surface area contributed by atoms with Gasteiger partial charge in [0.25, 0.3) is 0 Å². The van der Waals surface area contributed by atoms with Gasteiger partial charge < -0.3 is 5.73 Å². The second kappa shape index (κ2) is 5.74. The second-order valence-corrected chi connectivity index (χ2v) is 5.82. The van der Waals surface area contributed by atoms with Crippen molar-refractivity contribution in [2.75, 3.05) is 0 Å². The fraction of sp³-hybridized carbons (Fsp3) is 0.571. The molecule has 0 saturated heterocycles. The van der Waals surface area contributed by atoms with E-state index in [0.29, 0.717) is 6.42 Å². The van der Waals surface area contributed by atoms with E-state index in [9.17, 15) is 13.2 Å². The van der Waals surface area contributed by atoms with E-state index in [0.717, 1.165) is 18.9 Å². The lowest BCUT2D eigenvalue weighted by molar-refractivity contribution is 0.351. The van der Waals surface area contributed by atoms with Gasteiger partial charge in [-0.3, -0.25) is 0 Å². The molecule has 0 bridgehead atoms. The molecule has 1 aromatic carbocycles. The molecule has 0 spiro atoms. The van der Waals surface area contributed by atoms with Crippen molar-refractivity contribution in [3.05, 3.63) is 35.1 Å². The summed E-state index contributed by atoms with van der Waals surface area (Å²) in [4.78, 5) is 0. The van der Waals surface area contributed by atoms with Gasteiger partial charge in [0.2, 0.25) is 0 Å². The normalized spacial score (nSPS) is 13.7. The molecule has 0 saturated carbocycles. The predicted molar refractivity (Wildman–Crippen MR) is 66.6 cm³/mol. The van der Waals surface area contributed by atoms with Crippen molar-refractivity contribution in [2.45, 2.75) is 46.1 Å². The molecule has 1 nitrogen and oxygen atoms in total. The Hall–Kier alpha value is -1.03. The van der Waals surface area contributed by atoms with Crippen molar-refractivity contribution in [3.63, 3.8) is 0 Å². The van der Waals surface area contributed by atoms with Gasteiger partial charge in [-0.25, -0.2) is 13.2 Å². The van der Waals surface area contributed by atoms with Gasteiger partial charge in [-0.1, -0.05) is 33.3 Å². The van der Waals surface area contributed by atoms with Crippen molar-refractivity contribution in [1.82, 2.24) is 0 Å². The van der Waals surface area contributed by atoms with Crippen LogP contribution in [0, 0.1) is 22.9 Å². The maximum atomic E-state index is 13.5. The van der Waals surface area contributed by atoms with Gasteiger partial charge >= 0.3 is 0 Å². The Morgan fingerprint density at radius 1 is 1.11 bits per heavy atom. The highest BCUT2D eigenvalue weighted by Gasteiger charge is 2.19. The maximum Gasteiger partial charge on any atom is 0.194 e. The molecule has 18 heavy (non-hydrogen) atoms. The van der Waals surface area contributed by atoms with Gasteiger partial charge in [-0.05, 0) is 24.3 Å². The zero-order valence-corrected chi connectivity index (χ0v) is 11.1. The second-order valence-electron chi connectivity index (χ2n) is 5.82. The summed E-state index contributed by atoms with van der Waals surface area (Å²) < 4.78 is 39.3. The van der Waals surface area contributed by atoms with Gasteiger partial charge in [-0.15, -0.1) is 0 Å². The van der Waals surface area contributed by atoms with Crippen LogP contribution < -0.4 is 5.73 Å². The molecule has 0 fully saturated rings. The van der Waals surface area contributed by atoms with Crippen molar-refractivity contribution < 1.29 is 13.2 Å². The number of halogens is 3. The molecule has 0 aliphatic heterocycles. The number of rotatable bonds is 4. The zero-order chi connectivity index (χ0) is 13.9. The van der Waals surface area contributed by atoms with Crippen LogP contribution in [0.5, 0.6) is 0 Å². The van der Waals surface area contributed by atoms with Gasteiger partial charge in [0.15, 0.2) is 17.5 Å². The monoisotopic (exact) mass is 259 g/mol. The third-order valence-corrected chi connectivity index (χ3v) is 2.91. The highest BCUT2D eigenvalue weighted by molar-refractivity contribution is 5.23. The van der Waals surface area contributed by atoms with Crippen LogP contribution in [-0.4, -0.2) is 0 Å². The van der Waals surface area contributed by atoms with Gasteiger partial charge in [0.1, 0.15) is 0 Å². The number of hydrogen-bond acceptors (Lipinski definition) is 1. The minimum atomic E-state index is -1.45. The summed E-state index contributed by atoms with van der Waals surface area (Å²) in [5.41, 5.74) is 6.05. The van der Waals surface area contributed by atoms with E-state index in [1.54, 1.807) is 0 Å². The Morgan fingerprint density at radius 3 is 2.28 bits per heavy atom. The molecular formula is C14H20F3N. The summed E-state index contributed by atoms with van der Waals surface area (Å²) >= 11 is 0. The van der Waals surface area contributed by atoms with E-state index in [-0.39, 0.29) is 11.0 Å². The molecule has 2 N–H and O–H groups in total. The van der Waals surface area contributed by atoms with Crippen LogP contribution in [0.1, 0.15) is 51.6 Å². The Morgan fingerprint density at radius 2 is 1.72 bits per heavy atom. The molecule has 0 radical (unpaired) electrons. The largest absolute Gasteiger partial charge is 0.324 e. The summed E-state index contributed by atoms with van der Waals surface area (Å²) in [6.07, 6.45) is 2.33. The smallest absolute Gasteiger partial charge is 0.194 e. The highest BCUT2D eigenvalue weighted by Crippen LogP contribution is 2.27. The van der Waals surface area contributed by atoms with Gasteiger partial charge in [-0.2, -0.15) is 0 Å². The van der Waals surface area contributed by atoms with Gasteiger partial charge in [0, 0.05) is 11.6 Å². The summed E-state index contributed by atoms with van der Waals surface area (Å²) in [6, 6.07) is 1.54. The lowest BCUT2D eigenvalue weighted by Crippen LogP contribution is -2.15. The number of hydrogen-bond donors (Lipinski definition) is 1. The first-order valence-corrected chi connectivity index (χ1v) is 6.11. The molecule has 0 aromatic heterocycles. The first-order chi connectivity index (χ1) is 8.22. The summed E-state index contributed by atoms with van der Waals surface area (Å²) in [5, 5.41) is 0. The molecule has 0 heterocycles. The predicted octanol–water partition coefficient (Wildman–Crippen LogP) is 4.32. The van der Waals surface area contributed by atoms with Crippen molar-refractivity contribution in [3.8, 4) is 0 Å². The molecule has 4 heteroatoms.